The van der Waals surface area contributed by atoms with Gasteiger partial charge in [0.2, 0.25) is 11.8 Å². The first-order valence-corrected chi connectivity index (χ1v) is 5.80. The predicted molar refractivity (Wildman–Crippen MR) is 62.0 cm³/mol. The number of hydrogen-bond donors (Lipinski definition) is 1. The van der Waals surface area contributed by atoms with Crippen molar-refractivity contribution in [3.05, 3.63) is 23.1 Å². The van der Waals surface area contributed by atoms with Crippen LogP contribution >= 0.6 is 11.6 Å². The molecule has 1 aliphatic rings. The van der Waals surface area contributed by atoms with Gasteiger partial charge in [-0.1, -0.05) is 6.92 Å². The van der Waals surface area contributed by atoms with E-state index in [4.69, 9.17) is 16.0 Å². The average Bonchev–Trinajstić information content (AvgIpc) is 2.74. The molecule has 1 aromatic heterocycles. The Morgan fingerprint density at radius 2 is 2.28 bits per heavy atom. The lowest BCUT2D eigenvalue weighted by Gasteiger charge is -2.32. The molecule has 2 rings (SSSR count). The molecule has 0 spiro atoms. The van der Waals surface area contributed by atoms with Crippen LogP contribution in [0.1, 0.15) is 23.9 Å². The maximum atomic E-state index is 12.1. The normalized spacial score (nSPS) is 19.9. The summed E-state index contributed by atoms with van der Waals surface area (Å²) in [6, 6.07) is 2.18. The van der Waals surface area contributed by atoms with Crippen LogP contribution in [0.15, 0.2) is 16.5 Å². The minimum atomic E-state index is -0.668. The van der Waals surface area contributed by atoms with E-state index in [9.17, 15) is 14.4 Å². The first kappa shape index (κ1) is 12.6. The zero-order valence-electron chi connectivity index (χ0n) is 9.60. The van der Waals surface area contributed by atoms with E-state index in [0.29, 0.717) is 6.42 Å². The molecule has 0 radical (unpaired) electrons. The topological polar surface area (TPSA) is 79.6 Å². The quantitative estimate of drug-likeness (QED) is 0.807. The number of furan rings is 1. The zero-order valence-corrected chi connectivity index (χ0v) is 10.4. The molecule has 2 heterocycles. The molecular weight excluding hydrogens is 260 g/mol. The molecule has 1 saturated heterocycles. The molecule has 6 nitrogen and oxygen atoms in total. The molecule has 0 saturated carbocycles. The number of imide groups is 1. The second kappa shape index (κ2) is 4.81. The van der Waals surface area contributed by atoms with Gasteiger partial charge in [-0.15, -0.1) is 0 Å². The molecule has 3 amide bonds. The molecule has 1 fully saturated rings. The summed E-state index contributed by atoms with van der Waals surface area (Å²) in [6.45, 7) is 1.59. The van der Waals surface area contributed by atoms with Gasteiger partial charge in [0.05, 0.1) is 0 Å². The lowest BCUT2D eigenvalue weighted by molar-refractivity contribution is -0.138. The molecule has 0 bridgehead atoms. The SMILES string of the molecule is CCC1C(=O)NC(=O)CN1C(=O)c1ccc(Cl)o1. The van der Waals surface area contributed by atoms with Gasteiger partial charge in [0.25, 0.3) is 5.91 Å². The molecule has 1 aliphatic heterocycles. The van der Waals surface area contributed by atoms with Crippen LogP contribution in [0.2, 0.25) is 5.22 Å². The van der Waals surface area contributed by atoms with Gasteiger partial charge in [0, 0.05) is 0 Å². The van der Waals surface area contributed by atoms with Crippen molar-refractivity contribution in [1.29, 1.82) is 0 Å². The Labute approximate surface area is 108 Å². The maximum absolute atomic E-state index is 12.1. The van der Waals surface area contributed by atoms with Gasteiger partial charge in [-0.25, -0.2) is 0 Å². The van der Waals surface area contributed by atoms with Crippen molar-refractivity contribution < 1.29 is 18.8 Å². The molecule has 0 aliphatic carbocycles. The fraction of sp³-hybridized carbons (Fsp3) is 0.364. The summed E-state index contributed by atoms with van der Waals surface area (Å²) in [5, 5.41) is 2.28. The summed E-state index contributed by atoms with van der Waals surface area (Å²) in [6.07, 6.45) is 0.416. The second-order valence-electron chi connectivity index (χ2n) is 3.87. The van der Waals surface area contributed by atoms with Crippen LogP contribution < -0.4 is 5.32 Å². The number of carbonyl (C=O) groups is 3. The van der Waals surface area contributed by atoms with E-state index < -0.39 is 23.8 Å². The highest BCUT2D eigenvalue weighted by molar-refractivity contribution is 6.29. The van der Waals surface area contributed by atoms with Gasteiger partial charge >= 0.3 is 0 Å². The molecular formula is C11H11ClN2O4. The molecule has 96 valence electrons. The highest BCUT2D eigenvalue weighted by atomic mass is 35.5. The van der Waals surface area contributed by atoms with E-state index in [-0.39, 0.29) is 17.5 Å². The maximum Gasteiger partial charge on any atom is 0.290 e. The third kappa shape index (κ3) is 2.24. The zero-order chi connectivity index (χ0) is 13.3. The number of halogens is 1. The molecule has 1 unspecified atom stereocenters. The molecule has 7 heteroatoms. The van der Waals surface area contributed by atoms with Crippen molar-refractivity contribution in [3.8, 4) is 0 Å². The molecule has 1 N–H and O–H groups in total. The van der Waals surface area contributed by atoms with Crippen molar-refractivity contribution in [2.45, 2.75) is 19.4 Å². The number of nitrogens with zero attached hydrogens (tertiary/aromatic N) is 1. The van der Waals surface area contributed by atoms with E-state index in [2.05, 4.69) is 5.32 Å². The Bertz CT molecular complexity index is 511. The Morgan fingerprint density at radius 1 is 1.56 bits per heavy atom. The van der Waals surface area contributed by atoms with Crippen LogP contribution in [-0.4, -0.2) is 35.2 Å². The number of piperazine rings is 1. The number of rotatable bonds is 2. The minimum Gasteiger partial charge on any atom is -0.440 e. The average molecular weight is 271 g/mol. The van der Waals surface area contributed by atoms with Crippen LogP contribution in [0, 0.1) is 0 Å². The number of nitrogens with one attached hydrogen (secondary N) is 1. The smallest absolute Gasteiger partial charge is 0.290 e. The highest BCUT2D eigenvalue weighted by Gasteiger charge is 2.36. The monoisotopic (exact) mass is 270 g/mol. The lowest BCUT2D eigenvalue weighted by Crippen LogP contribution is -2.59. The first-order valence-electron chi connectivity index (χ1n) is 5.43. The number of hydrogen-bond acceptors (Lipinski definition) is 4. The number of carbonyl (C=O) groups excluding carboxylic acids is 3. The Hall–Kier alpha value is -1.82. The van der Waals surface area contributed by atoms with Gasteiger partial charge in [-0.05, 0) is 30.2 Å². The van der Waals surface area contributed by atoms with E-state index in [1.807, 2.05) is 0 Å². The van der Waals surface area contributed by atoms with Gasteiger partial charge in [-0.3, -0.25) is 19.7 Å². The van der Waals surface area contributed by atoms with Gasteiger partial charge in [-0.2, -0.15) is 0 Å². The molecule has 1 atom stereocenters. The van der Waals surface area contributed by atoms with E-state index in [0.717, 1.165) is 0 Å². The van der Waals surface area contributed by atoms with Gasteiger partial charge < -0.3 is 9.32 Å². The van der Waals surface area contributed by atoms with Crippen molar-refractivity contribution in [2.75, 3.05) is 6.54 Å². The Balaban J connectivity index is 2.26. The van der Waals surface area contributed by atoms with Crippen molar-refractivity contribution in [1.82, 2.24) is 10.2 Å². The summed E-state index contributed by atoms with van der Waals surface area (Å²) < 4.78 is 4.99. The summed E-state index contributed by atoms with van der Waals surface area (Å²) in [5.74, 6) is -1.48. The fourth-order valence-corrected chi connectivity index (χ4v) is 2.00. The lowest BCUT2D eigenvalue weighted by atomic mass is 10.1. The third-order valence-electron chi connectivity index (χ3n) is 2.69. The first-order chi connectivity index (χ1) is 8.52. The summed E-state index contributed by atoms with van der Waals surface area (Å²) in [5.41, 5.74) is 0. The standard InChI is InChI=1S/C11H11ClN2O4/c1-2-6-10(16)13-9(15)5-14(6)11(17)7-3-4-8(12)18-7/h3-4,6H,2,5H2,1H3,(H,13,15,16). The van der Waals surface area contributed by atoms with Crippen LogP contribution in [0.4, 0.5) is 0 Å². The van der Waals surface area contributed by atoms with Crippen LogP contribution in [0.5, 0.6) is 0 Å². The van der Waals surface area contributed by atoms with E-state index >= 15 is 0 Å². The fourth-order valence-electron chi connectivity index (χ4n) is 1.86. The Kier molecular flexibility index (Phi) is 3.38. The van der Waals surface area contributed by atoms with Crippen molar-refractivity contribution in [2.24, 2.45) is 0 Å². The molecule has 0 aromatic carbocycles. The summed E-state index contributed by atoms with van der Waals surface area (Å²) in [4.78, 5) is 36.2. The highest BCUT2D eigenvalue weighted by Crippen LogP contribution is 2.18. The van der Waals surface area contributed by atoms with Crippen LogP contribution in [-0.2, 0) is 9.59 Å². The van der Waals surface area contributed by atoms with Gasteiger partial charge in [0.1, 0.15) is 12.6 Å². The molecule has 1 aromatic rings. The van der Waals surface area contributed by atoms with Crippen molar-refractivity contribution >= 4 is 29.3 Å². The largest absolute Gasteiger partial charge is 0.440 e. The third-order valence-corrected chi connectivity index (χ3v) is 2.89. The predicted octanol–water partition coefficient (Wildman–Crippen LogP) is 0.810. The minimum absolute atomic E-state index is 0.0148. The van der Waals surface area contributed by atoms with Gasteiger partial charge in [0.15, 0.2) is 11.0 Å². The van der Waals surface area contributed by atoms with E-state index in [1.165, 1.54) is 17.0 Å². The Morgan fingerprint density at radius 3 is 2.83 bits per heavy atom. The van der Waals surface area contributed by atoms with Crippen LogP contribution in [0.25, 0.3) is 0 Å². The second-order valence-corrected chi connectivity index (χ2v) is 4.25. The van der Waals surface area contributed by atoms with E-state index in [1.54, 1.807) is 6.92 Å². The summed E-state index contributed by atoms with van der Waals surface area (Å²) in [7, 11) is 0. The number of amides is 3. The summed E-state index contributed by atoms with van der Waals surface area (Å²) >= 11 is 5.59. The molecule has 18 heavy (non-hydrogen) atoms. The van der Waals surface area contributed by atoms with Crippen LogP contribution in [0.3, 0.4) is 0 Å². The van der Waals surface area contributed by atoms with Crippen molar-refractivity contribution in [3.63, 3.8) is 0 Å².